The molecular weight excluding hydrogens is 179 g/mol. The minimum atomic E-state index is -0.257. The van der Waals surface area contributed by atoms with Crippen LogP contribution in [0.1, 0.15) is 5.56 Å². The molecule has 2 rings (SSSR count). The van der Waals surface area contributed by atoms with Crippen molar-refractivity contribution in [2.24, 2.45) is 0 Å². The molecule has 1 aromatic heterocycles. The monoisotopic (exact) mass is 190 g/mol. The number of aromatic nitrogens is 1. The Balaban J connectivity index is 2.69. The first-order chi connectivity index (χ1) is 6.70. The first-order valence-electron chi connectivity index (χ1n) is 4.38. The van der Waals surface area contributed by atoms with Gasteiger partial charge in [-0.15, -0.1) is 0 Å². The Morgan fingerprint density at radius 3 is 2.50 bits per heavy atom. The van der Waals surface area contributed by atoms with E-state index in [0.717, 1.165) is 5.56 Å². The fourth-order valence-corrected chi connectivity index (χ4v) is 1.48. The lowest BCUT2D eigenvalue weighted by Crippen LogP contribution is -2.01. The molecule has 0 spiro atoms. The quantitative estimate of drug-likeness (QED) is 0.688. The summed E-state index contributed by atoms with van der Waals surface area (Å²) >= 11 is 0. The molecule has 3 heteroatoms. The number of nitrogens with two attached hydrogens (primary N) is 1. The van der Waals surface area contributed by atoms with Crippen LogP contribution in [0, 0.1) is 12.7 Å². The zero-order valence-corrected chi connectivity index (χ0v) is 7.87. The van der Waals surface area contributed by atoms with Crippen LogP contribution in [0.3, 0.4) is 0 Å². The molecule has 0 saturated heterocycles. The molecule has 0 saturated carbocycles. The van der Waals surface area contributed by atoms with Crippen LogP contribution in [0.4, 0.5) is 10.1 Å². The van der Waals surface area contributed by atoms with Crippen molar-refractivity contribution >= 4 is 5.69 Å². The summed E-state index contributed by atoms with van der Waals surface area (Å²) in [5, 5.41) is 0. The number of nitrogen functional groups attached to an aromatic ring is 1. The maximum absolute atomic E-state index is 13.5. The lowest BCUT2D eigenvalue weighted by molar-refractivity contribution is 0.617. The number of benzene rings is 1. The van der Waals surface area contributed by atoms with Gasteiger partial charge in [0.15, 0.2) is 0 Å². The Morgan fingerprint density at radius 1 is 1.21 bits per heavy atom. The van der Waals surface area contributed by atoms with Crippen LogP contribution in [0.25, 0.3) is 5.69 Å². The molecule has 0 amide bonds. The number of hydrogen-bond donors (Lipinski definition) is 1. The highest BCUT2D eigenvalue weighted by Crippen LogP contribution is 2.23. The third-order valence-electron chi connectivity index (χ3n) is 2.29. The molecule has 1 aromatic carbocycles. The average Bonchev–Trinajstić information content (AvgIpc) is 2.65. The molecule has 2 aromatic rings. The minimum absolute atomic E-state index is 0.257. The van der Waals surface area contributed by atoms with Crippen molar-refractivity contribution in [3.63, 3.8) is 0 Å². The Hall–Kier alpha value is -1.77. The predicted molar refractivity (Wildman–Crippen MR) is 54.9 cm³/mol. The van der Waals surface area contributed by atoms with Gasteiger partial charge < -0.3 is 10.3 Å². The lowest BCUT2D eigenvalue weighted by atomic mass is 10.1. The topological polar surface area (TPSA) is 30.9 Å². The predicted octanol–water partition coefficient (Wildman–Crippen LogP) is 2.51. The number of rotatable bonds is 1. The average molecular weight is 190 g/mol. The summed E-state index contributed by atoms with van der Waals surface area (Å²) in [4.78, 5) is 0. The third-order valence-corrected chi connectivity index (χ3v) is 2.29. The summed E-state index contributed by atoms with van der Waals surface area (Å²) in [7, 11) is 0. The molecule has 2 N–H and O–H groups in total. The molecule has 1 heterocycles. The summed E-state index contributed by atoms with van der Waals surface area (Å²) in [6, 6.07) is 6.67. The van der Waals surface area contributed by atoms with E-state index in [1.54, 1.807) is 23.0 Å². The number of hydrogen-bond acceptors (Lipinski definition) is 1. The number of anilines is 1. The van der Waals surface area contributed by atoms with Crippen LogP contribution in [-0.4, -0.2) is 4.57 Å². The molecule has 0 aliphatic heterocycles. The molecule has 0 fully saturated rings. The molecule has 72 valence electrons. The maximum Gasteiger partial charge on any atom is 0.147 e. The second-order valence-electron chi connectivity index (χ2n) is 3.20. The second kappa shape index (κ2) is 3.18. The standard InChI is InChI=1S/C11H11FN2/c1-8-10(13)5-4-9(12)11(8)14-6-2-3-7-14/h2-7H,13H2,1H3. The van der Waals surface area contributed by atoms with E-state index in [4.69, 9.17) is 5.73 Å². The molecule has 0 atom stereocenters. The third kappa shape index (κ3) is 1.27. The largest absolute Gasteiger partial charge is 0.398 e. The SMILES string of the molecule is Cc1c(N)ccc(F)c1-n1cccc1. The van der Waals surface area contributed by atoms with Gasteiger partial charge in [0.25, 0.3) is 0 Å². The van der Waals surface area contributed by atoms with Crippen molar-refractivity contribution < 1.29 is 4.39 Å². The molecule has 2 nitrogen and oxygen atoms in total. The van der Waals surface area contributed by atoms with Gasteiger partial charge in [-0.3, -0.25) is 0 Å². The number of nitrogens with zero attached hydrogens (tertiary/aromatic N) is 1. The zero-order valence-electron chi connectivity index (χ0n) is 7.87. The fraction of sp³-hybridized carbons (Fsp3) is 0.0909. The van der Waals surface area contributed by atoms with E-state index < -0.39 is 0 Å². The Morgan fingerprint density at radius 2 is 1.86 bits per heavy atom. The van der Waals surface area contributed by atoms with Crippen molar-refractivity contribution in [2.45, 2.75) is 6.92 Å². The van der Waals surface area contributed by atoms with Gasteiger partial charge in [-0.1, -0.05) is 0 Å². The highest BCUT2D eigenvalue weighted by Gasteiger charge is 2.08. The molecule has 0 bridgehead atoms. The number of halogens is 1. The highest BCUT2D eigenvalue weighted by atomic mass is 19.1. The fourth-order valence-electron chi connectivity index (χ4n) is 1.48. The van der Waals surface area contributed by atoms with Crippen molar-refractivity contribution in [3.05, 3.63) is 48.0 Å². The molecule has 0 radical (unpaired) electrons. The van der Waals surface area contributed by atoms with Gasteiger partial charge >= 0.3 is 0 Å². The van der Waals surface area contributed by atoms with Crippen molar-refractivity contribution in [1.82, 2.24) is 4.57 Å². The van der Waals surface area contributed by atoms with Crippen LogP contribution in [0.15, 0.2) is 36.7 Å². The summed E-state index contributed by atoms with van der Waals surface area (Å²) in [6.45, 7) is 1.81. The molecule has 0 unspecified atom stereocenters. The van der Waals surface area contributed by atoms with Gasteiger partial charge in [0, 0.05) is 18.1 Å². The van der Waals surface area contributed by atoms with Crippen LogP contribution < -0.4 is 5.73 Å². The van der Waals surface area contributed by atoms with E-state index in [1.807, 2.05) is 19.1 Å². The van der Waals surface area contributed by atoms with E-state index in [0.29, 0.717) is 11.4 Å². The van der Waals surface area contributed by atoms with Gasteiger partial charge in [-0.2, -0.15) is 0 Å². The smallest absolute Gasteiger partial charge is 0.147 e. The second-order valence-corrected chi connectivity index (χ2v) is 3.20. The summed E-state index contributed by atoms with van der Waals surface area (Å²) in [6.07, 6.45) is 3.59. The summed E-state index contributed by atoms with van der Waals surface area (Å²) < 4.78 is 15.2. The van der Waals surface area contributed by atoms with Crippen LogP contribution in [-0.2, 0) is 0 Å². The van der Waals surface area contributed by atoms with Crippen molar-refractivity contribution in [3.8, 4) is 5.69 Å². The van der Waals surface area contributed by atoms with Crippen molar-refractivity contribution in [1.29, 1.82) is 0 Å². The first kappa shape index (κ1) is 8.81. The first-order valence-corrected chi connectivity index (χ1v) is 4.38. The van der Waals surface area contributed by atoms with E-state index >= 15 is 0 Å². The highest BCUT2D eigenvalue weighted by molar-refractivity contribution is 5.57. The molecular formula is C11H11FN2. The normalized spacial score (nSPS) is 10.4. The van der Waals surface area contributed by atoms with E-state index in [1.165, 1.54) is 6.07 Å². The van der Waals surface area contributed by atoms with Gasteiger partial charge in [-0.25, -0.2) is 4.39 Å². The molecule has 0 aliphatic rings. The molecule has 14 heavy (non-hydrogen) atoms. The minimum Gasteiger partial charge on any atom is -0.398 e. The van der Waals surface area contributed by atoms with Gasteiger partial charge in [-0.05, 0) is 36.8 Å². The zero-order chi connectivity index (χ0) is 10.1. The van der Waals surface area contributed by atoms with Crippen LogP contribution in [0.5, 0.6) is 0 Å². The van der Waals surface area contributed by atoms with E-state index in [9.17, 15) is 4.39 Å². The summed E-state index contributed by atoms with van der Waals surface area (Å²) in [5.74, 6) is -0.257. The Labute approximate surface area is 81.8 Å². The van der Waals surface area contributed by atoms with Gasteiger partial charge in [0.05, 0.1) is 5.69 Å². The van der Waals surface area contributed by atoms with Crippen LogP contribution in [0.2, 0.25) is 0 Å². The van der Waals surface area contributed by atoms with E-state index in [2.05, 4.69) is 0 Å². The van der Waals surface area contributed by atoms with Crippen LogP contribution >= 0.6 is 0 Å². The van der Waals surface area contributed by atoms with E-state index in [-0.39, 0.29) is 5.82 Å². The Kier molecular flexibility index (Phi) is 2.00. The summed E-state index contributed by atoms with van der Waals surface area (Å²) in [5.41, 5.74) is 7.61. The maximum atomic E-state index is 13.5. The van der Waals surface area contributed by atoms with Gasteiger partial charge in [0.2, 0.25) is 0 Å². The molecule has 0 aliphatic carbocycles. The Bertz CT molecular complexity index is 447. The lowest BCUT2D eigenvalue weighted by Gasteiger charge is -2.10. The van der Waals surface area contributed by atoms with Gasteiger partial charge in [0.1, 0.15) is 5.82 Å². The van der Waals surface area contributed by atoms with Crippen molar-refractivity contribution in [2.75, 3.05) is 5.73 Å².